The minimum Gasteiger partial charge on any atom is -0.469 e. The number of esters is 1. The van der Waals surface area contributed by atoms with Gasteiger partial charge >= 0.3 is 64.3 Å². The standard InChI is InChI=1S/C9H8BClF3O2.K/c1-16-9(15)5-6-2-3-7(8(11)4-6)10(12,13)14;/h2-4H,5H2,1H3;/q-1;+1. The smallest absolute Gasteiger partial charge is 0.469 e. The Kier molecular flexibility index (Phi) is 7.36. The largest absolute Gasteiger partial charge is 1.00 e. The molecule has 0 aromatic heterocycles. The second-order valence-electron chi connectivity index (χ2n) is 3.18. The molecule has 8 heteroatoms. The third-order valence-corrected chi connectivity index (χ3v) is 2.32. The van der Waals surface area contributed by atoms with E-state index in [2.05, 4.69) is 4.74 Å². The quantitative estimate of drug-likeness (QED) is 0.533. The summed E-state index contributed by atoms with van der Waals surface area (Å²) < 4.78 is 41.6. The second-order valence-corrected chi connectivity index (χ2v) is 3.59. The molecule has 0 bridgehead atoms. The van der Waals surface area contributed by atoms with Crippen LogP contribution in [0.2, 0.25) is 5.02 Å². The molecule has 0 heterocycles. The maximum absolute atomic E-state index is 12.4. The van der Waals surface area contributed by atoms with E-state index in [1.54, 1.807) is 0 Å². The Morgan fingerprint density at radius 3 is 2.41 bits per heavy atom. The Morgan fingerprint density at radius 2 is 2.00 bits per heavy atom. The molecule has 0 atom stereocenters. The van der Waals surface area contributed by atoms with Crippen molar-refractivity contribution in [2.24, 2.45) is 0 Å². The fourth-order valence-electron chi connectivity index (χ4n) is 1.18. The first-order valence-corrected chi connectivity index (χ1v) is 4.77. The molecule has 0 aliphatic heterocycles. The van der Waals surface area contributed by atoms with E-state index >= 15 is 0 Å². The molecule has 17 heavy (non-hydrogen) atoms. The molecule has 0 N–H and O–H groups in total. The third-order valence-electron chi connectivity index (χ3n) is 1.99. The average molecular weight is 291 g/mol. The number of carbonyl (C=O) groups excluding carboxylic acids is 1. The molecule has 88 valence electrons. The summed E-state index contributed by atoms with van der Waals surface area (Å²) in [6.07, 6.45) is -0.0959. The van der Waals surface area contributed by atoms with Crippen LogP contribution < -0.4 is 56.8 Å². The van der Waals surface area contributed by atoms with Gasteiger partial charge in [0.15, 0.2) is 0 Å². The van der Waals surface area contributed by atoms with Gasteiger partial charge in [-0.3, -0.25) is 4.79 Å². The Bertz CT molecular complexity index is 412. The molecule has 0 radical (unpaired) electrons. The van der Waals surface area contributed by atoms with E-state index in [0.29, 0.717) is 5.56 Å². The molecule has 1 rings (SSSR count). The van der Waals surface area contributed by atoms with Crippen LogP contribution in [0.4, 0.5) is 12.9 Å². The zero-order valence-electron chi connectivity index (χ0n) is 9.34. The van der Waals surface area contributed by atoms with Crippen molar-refractivity contribution in [2.75, 3.05) is 7.11 Å². The van der Waals surface area contributed by atoms with Gasteiger partial charge < -0.3 is 17.7 Å². The van der Waals surface area contributed by atoms with Crippen molar-refractivity contribution in [3.8, 4) is 0 Å². The van der Waals surface area contributed by atoms with E-state index in [4.69, 9.17) is 11.6 Å². The van der Waals surface area contributed by atoms with Gasteiger partial charge in [0, 0.05) is 5.02 Å². The van der Waals surface area contributed by atoms with Crippen molar-refractivity contribution in [3.63, 3.8) is 0 Å². The minimum atomic E-state index is -5.12. The van der Waals surface area contributed by atoms with Crippen molar-refractivity contribution >= 4 is 30.0 Å². The molecular formula is C9H8BClF3KO2. The van der Waals surface area contributed by atoms with Crippen LogP contribution in [0.1, 0.15) is 5.56 Å². The van der Waals surface area contributed by atoms with Gasteiger partial charge in [0.25, 0.3) is 0 Å². The number of rotatable bonds is 3. The number of methoxy groups -OCH3 is 1. The summed E-state index contributed by atoms with van der Waals surface area (Å²) in [7, 11) is 1.21. The third kappa shape index (κ3) is 5.32. The molecule has 0 aliphatic rings. The van der Waals surface area contributed by atoms with Gasteiger partial charge in [-0.05, 0) is 11.6 Å². The van der Waals surface area contributed by atoms with Crippen LogP contribution in [0.3, 0.4) is 0 Å². The van der Waals surface area contributed by atoms with E-state index in [1.807, 2.05) is 0 Å². The molecule has 0 aliphatic carbocycles. The van der Waals surface area contributed by atoms with Crippen LogP contribution in [0, 0.1) is 0 Å². The molecule has 0 spiro atoms. The zero-order valence-corrected chi connectivity index (χ0v) is 13.2. The zero-order chi connectivity index (χ0) is 12.3. The molecule has 0 unspecified atom stereocenters. The summed E-state index contributed by atoms with van der Waals surface area (Å²) in [4.78, 5) is 10.9. The van der Waals surface area contributed by atoms with Gasteiger partial charge in [-0.15, -0.1) is 0 Å². The molecule has 2 nitrogen and oxygen atoms in total. The fraction of sp³-hybridized carbons (Fsp3) is 0.222. The first kappa shape index (κ1) is 17.5. The van der Waals surface area contributed by atoms with Crippen molar-refractivity contribution in [1.29, 1.82) is 0 Å². The molecular weight excluding hydrogens is 282 g/mol. The summed E-state index contributed by atoms with van der Waals surface area (Å²) in [5, 5.41) is -0.395. The topological polar surface area (TPSA) is 26.3 Å². The van der Waals surface area contributed by atoms with E-state index in [1.165, 1.54) is 13.2 Å². The van der Waals surface area contributed by atoms with E-state index in [0.717, 1.165) is 12.1 Å². The van der Waals surface area contributed by atoms with E-state index in [-0.39, 0.29) is 57.8 Å². The number of hydrogen-bond acceptors (Lipinski definition) is 2. The molecule has 0 saturated heterocycles. The van der Waals surface area contributed by atoms with Crippen molar-refractivity contribution in [3.05, 3.63) is 28.8 Å². The number of ether oxygens (including phenoxy) is 1. The van der Waals surface area contributed by atoms with Gasteiger partial charge in [0.2, 0.25) is 0 Å². The number of carbonyl (C=O) groups is 1. The summed E-state index contributed by atoms with van der Waals surface area (Å²) in [5.41, 5.74) is -0.462. The monoisotopic (exact) mass is 290 g/mol. The summed E-state index contributed by atoms with van der Waals surface area (Å²) >= 11 is 5.48. The van der Waals surface area contributed by atoms with Gasteiger partial charge in [0.1, 0.15) is 0 Å². The van der Waals surface area contributed by atoms with E-state index < -0.39 is 23.4 Å². The number of hydrogen-bond donors (Lipinski definition) is 0. The van der Waals surface area contributed by atoms with Crippen LogP contribution in [-0.2, 0) is 16.0 Å². The van der Waals surface area contributed by atoms with Crippen LogP contribution >= 0.6 is 11.6 Å². The summed E-state index contributed by atoms with van der Waals surface area (Å²) in [5.74, 6) is -0.527. The van der Waals surface area contributed by atoms with Gasteiger partial charge in [0.05, 0.1) is 13.5 Å². The SMILES string of the molecule is COC(=O)Cc1ccc([B-](F)(F)F)c(Cl)c1.[K+]. The maximum atomic E-state index is 12.4. The summed E-state index contributed by atoms with van der Waals surface area (Å²) in [6, 6.07) is 3.22. The van der Waals surface area contributed by atoms with Gasteiger partial charge in [-0.2, -0.15) is 0 Å². The molecule has 0 saturated carbocycles. The molecule has 0 fully saturated rings. The van der Waals surface area contributed by atoms with Crippen LogP contribution in [-0.4, -0.2) is 20.1 Å². The molecule has 1 aromatic carbocycles. The van der Waals surface area contributed by atoms with E-state index in [9.17, 15) is 17.7 Å². The first-order valence-electron chi connectivity index (χ1n) is 4.39. The maximum Gasteiger partial charge on any atom is 1.00 e. The Morgan fingerprint density at radius 1 is 1.41 bits per heavy atom. The van der Waals surface area contributed by atoms with Crippen molar-refractivity contribution in [1.82, 2.24) is 0 Å². The Labute approximate surface area is 144 Å². The molecule has 1 aromatic rings. The first-order chi connectivity index (χ1) is 7.34. The Hall–Kier alpha value is 0.471. The second kappa shape index (κ2) is 7.16. The number of halogens is 4. The van der Waals surface area contributed by atoms with Crippen molar-refractivity contribution < 1.29 is 73.9 Å². The predicted molar refractivity (Wildman–Crippen MR) is 55.9 cm³/mol. The van der Waals surface area contributed by atoms with Crippen LogP contribution in [0.25, 0.3) is 0 Å². The Balaban J connectivity index is 0.00000256. The normalized spacial score (nSPS) is 10.6. The average Bonchev–Trinajstić information content (AvgIpc) is 2.15. The van der Waals surface area contributed by atoms with Gasteiger partial charge in [-0.25, -0.2) is 0 Å². The fourth-order valence-corrected chi connectivity index (χ4v) is 1.51. The molecule has 0 amide bonds. The predicted octanol–water partition coefficient (Wildman–Crippen LogP) is -0.886. The number of benzene rings is 1. The van der Waals surface area contributed by atoms with Crippen LogP contribution in [0.15, 0.2) is 18.2 Å². The van der Waals surface area contributed by atoms with Crippen LogP contribution in [0.5, 0.6) is 0 Å². The minimum absolute atomic E-state index is 0. The van der Waals surface area contributed by atoms with Gasteiger partial charge in [-0.1, -0.05) is 29.2 Å². The summed E-state index contributed by atoms with van der Waals surface area (Å²) in [6.45, 7) is -5.12. The van der Waals surface area contributed by atoms with Crippen molar-refractivity contribution in [2.45, 2.75) is 6.42 Å².